The summed E-state index contributed by atoms with van der Waals surface area (Å²) in [5, 5.41) is 12.8. The van der Waals surface area contributed by atoms with Gasteiger partial charge in [-0.25, -0.2) is 0 Å². The van der Waals surface area contributed by atoms with Gasteiger partial charge in [-0.05, 0) is 30.7 Å². The fourth-order valence-corrected chi connectivity index (χ4v) is 2.31. The number of carbonyl (C=O) groups excluding carboxylic acids is 1. The van der Waals surface area contributed by atoms with Crippen LogP contribution in [-0.4, -0.2) is 43.0 Å². The van der Waals surface area contributed by atoms with Crippen molar-refractivity contribution in [2.75, 3.05) is 26.4 Å². The minimum Gasteiger partial charge on any atom is -0.494 e. The van der Waals surface area contributed by atoms with Crippen molar-refractivity contribution in [3.05, 3.63) is 28.7 Å². The van der Waals surface area contributed by atoms with Crippen molar-refractivity contribution in [3.8, 4) is 5.75 Å². The number of hydrogen-bond acceptors (Lipinski definition) is 4. The Kier molecular flexibility index (Phi) is 6.02. The van der Waals surface area contributed by atoms with Crippen LogP contribution in [0.4, 0.5) is 0 Å². The molecular formula is C15H20BrNO4. The third kappa shape index (κ3) is 5.65. The molecule has 2 N–H and O–H groups in total. The highest BCUT2D eigenvalue weighted by Gasteiger charge is 2.32. The van der Waals surface area contributed by atoms with E-state index in [4.69, 9.17) is 9.47 Å². The third-order valence-electron chi connectivity index (χ3n) is 3.33. The van der Waals surface area contributed by atoms with Crippen molar-refractivity contribution in [3.63, 3.8) is 0 Å². The van der Waals surface area contributed by atoms with E-state index in [1.54, 1.807) is 0 Å². The summed E-state index contributed by atoms with van der Waals surface area (Å²) in [6, 6.07) is 7.57. The monoisotopic (exact) mass is 357 g/mol. The first-order chi connectivity index (χ1) is 10.1. The van der Waals surface area contributed by atoms with Crippen LogP contribution in [0.1, 0.15) is 19.3 Å². The minimum atomic E-state index is -0.899. The molecule has 0 radical (unpaired) electrons. The first-order valence-corrected chi connectivity index (χ1v) is 7.82. The summed E-state index contributed by atoms with van der Waals surface area (Å²) in [6.45, 7) is 1.58. The molecule has 6 heteroatoms. The van der Waals surface area contributed by atoms with E-state index < -0.39 is 5.60 Å². The lowest BCUT2D eigenvalue weighted by Gasteiger charge is -2.20. The summed E-state index contributed by atoms with van der Waals surface area (Å²) in [5.41, 5.74) is -0.899. The zero-order valence-corrected chi connectivity index (χ0v) is 13.4. The maximum Gasteiger partial charge on any atom is 0.220 e. The van der Waals surface area contributed by atoms with Crippen molar-refractivity contribution in [2.45, 2.75) is 24.9 Å². The highest BCUT2D eigenvalue weighted by Crippen LogP contribution is 2.17. The maximum atomic E-state index is 11.7. The number of carbonyl (C=O) groups is 1. The molecule has 0 saturated carbocycles. The molecule has 1 aliphatic heterocycles. The Morgan fingerprint density at radius 2 is 2.19 bits per heavy atom. The lowest BCUT2D eigenvalue weighted by molar-refractivity contribution is -0.122. The lowest BCUT2D eigenvalue weighted by Crippen LogP contribution is -2.43. The lowest BCUT2D eigenvalue weighted by atomic mass is 10.0. The number of halogens is 1. The van der Waals surface area contributed by atoms with Crippen molar-refractivity contribution in [2.24, 2.45) is 0 Å². The Hall–Kier alpha value is -1.11. The van der Waals surface area contributed by atoms with Gasteiger partial charge in [0.05, 0.1) is 13.2 Å². The molecule has 1 fully saturated rings. The molecule has 1 aliphatic rings. The van der Waals surface area contributed by atoms with Crippen LogP contribution in [0.15, 0.2) is 28.7 Å². The van der Waals surface area contributed by atoms with E-state index in [-0.39, 0.29) is 12.5 Å². The van der Waals surface area contributed by atoms with Crippen LogP contribution in [0.25, 0.3) is 0 Å². The smallest absolute Gasteiger partial charge is 0.220 e. The van der Waals surface area contributed by atoms with Gasteiger partial charge in [0.25, 0.3) is 0 Å². The minimum absolute atomic E-state index is 0.0743. The molecule has 1 unspecified atom stereocenters. The zero-order chi connectivity index (χ0) is 15.1. The van der Waals surface area contributed by atoms with E-state index in [9.17, 15) is 9.90 Å². The third-order valence-corrected chi connectivity index (χ3v) is 3.86. The van der Waals surface area contributed by atoms with E-state index in [2.05, 4.69) is 21.2 Å². The van der Waals surface area contributed by atoms with Gasteiger partial charge in [-0.3, -0.25) is 4.79 Å². The van der Waals surface area contributed by atoms with Gasteiger partial charge >= 0.3 is 0 Å². The summed E-state index contributed by atoms with van der Waals surface area (Å²) in [6.07, 6.45) is 1.59. The molecule has 0 bridgehead atoms. The highest BCUT2D eigenvalue weighted by atomic mass is 79.9. The van der Waals surface area contributed by atoms with E-state index in [0.29, 0.717) is 39.1 Å². The van der Waals surface area contributed by atoms with Gasteiger partial charge in [0, 0.05) is 30.5 Å². The van der Waals surface area contributed by atoms with Gasteiger partial charge in [-0.2, -0.15) is 0 Å². The molecule has 1 heterocycles. The van der Waals surface area contributed by atoms with Crippen LogP contribution in [0.2, 0.25) is 0 Å². The summed E-state index contributed by atoms with van der Waals surface area (Å²) in [7, 11) is 0. The van der Waals surface area contributed by atoms with Crippen molar-refractivity contribution >= 4 is 21.8 Å². The number of nitrogens with one attached hydrogen (secondary N) is 1. The first-order valence-electron chi connectivity index (χ1n) is 7.03. The van der Waals surface area contributed by atoms with Gasteiger partial charge in [0.15, 0.2) is 0 Å². The zero-order valence-electron chi connectivity index (χ0n) is 11.8. The van der Waals surface area contributed by atoms with Crippen LogP contribution in [0.5, 0.6) is 5.75 Å². The standard InChI is InChI=1S/C15H20BrNO4/c16-12-3-5-13(6-4-12)21-8-1-2-14(18)17-10-15(19)7-9-20-11-15/h3-6,19H,1-2,7-11H2,(H,17,18). The van der Waals surface area contributed by atoms with Gasteiger partial charge < -0.3 is 19.9 Å². The molecule has 116 valence electrons. The molecule has 5 nitrogen and oxygen atoms in total. The van der Waals surface area contributed by atoms with Crippen LogP contribution < -0.4 is 10.1 Å². The molecule has 1 amide bonds. The second-order valence-electron chi connectivity index (χ2n) is 5.21. The van der Waals surface area contributed by atoms with Gasteiger partial charge in [-0.15, -0.1) is 0 Å². The molecule has 1 saturated heterocycles. The quantitative estimate of drug-likeness (QED) is 0.731. The molecule has 2 rings (SSSR count). The summed E-state index contributed by atoms with van der Waals surface area (Å²) >= 11 is 3.36. The average Bonchev–Trinajstić information content (AvgIpc) is 2.91. The van der Waals surface area contributed by atoms with E-state index in [0.717, 1.165) is 10.2 Å². The topological polar surface area (TPSA) is 67.8 Å². The van der Waals surface area contributed by atoms with Crippen LogP contribution in [-0.2, 0) is 9.53 Å². The number of amides is 1. The Bertz CT molecular complexity index is 457. The normalized spacial score (nSPS) is 21.2. The van der Waals surface area contributed by atoms with Gasteiger partial charge in [0.1, 0.15) is 11.4 Å². The van der Waals surface area contributed by atoms with Crippen LogP contribution >= 0.6 is 15.9 Å². The second-order valence-corrected chi connectivity index (χ2v) is 6.13. The molecule has 1 atom stereocenters. The highest BCUT2D eigenvalue weighted by molar-refractivity contribution is 9.10. The van der Waals surface area contributed by atoms with Crippen molar-refractivity contribution in [1.29, 1.82) is 0 Å². The first kappa shape index (κ1) is 16.3. The molecule has 0 aromatic heterocycles. The van der Waals surface area contributed by atoms with E-state index in [1.807, 2.05) is 24.3 Å². The largest absolute Gasteiger partial charge is 0.494 e. The number of hydrogen-bond donors (Lipinski definition) is 2. The second kappa shape index (κ2) is 7.77. The van der Waals surface area contributed by atoms with Gasteiger partial charge in [0.2, 0.25) is 5.91 Å². The predicted octanol–water partition coefficient (Wildman–Crippen LogP) is 1.88. The summed E-state index contributed by atoms with van der Waals surface area (Å²) < 4.78 is 11.7. The maximum absolute atomic E-state index is 11.7. The van der Waals surface area contributed by atoms with Gasteiger partial charge in [-0.1, -0.05) is 15.9 Å². The number of ether oxygens (including phenoxy) is 2. The molecule has 21 heavy (non-hydrogen) atoms. The number of aliphatic hydroxyl groups is 1. The Labute approximate surface area is 132 Å². The van der Waals surface area contributed by atoms with Crippen molar-refractivity contribution in [1.82, 2.24) is 5.32 Å². The fraction of sp³-hybridized carbons (Fsp3) is 0.533. The predicted molar refractivity (Wildman–Crippen MR) is 82.3 cm³/mol. The molecule has 0 spiro atoms. The average molecular weight is 358 g/mol. The van der Waals surface area contributed by atoms with E-state index >= 15 is 0 Å². The Morgan fingerprint density at radius 1 is 1.43 bits per heavy atom. The van der Waals surface area contributed by atoms with E-state index in [1.165, 1.54) is 0 Å². The number of benzene rings is 1. The number of rotatable bonds is 7. The Morgan fingerprint density at radius 3 is 2.86 bits per heavy atom. The molecule has 0 aliphatic carbocycles. The molecule has 1 aromatic rings. The Balaban J connectivity index is 1.57. The van der Waals surface area contributed by atoms with Crippen LogP contribution in [0.3, 0.4) is 0 Å². The summed E-state index contributed by atoms with van der Waals surface area (Å²) in [4.78, 5) is 11.7. The summed E-state index contributed by atoms with van der Waals surface area (Å²) in [5.74, 6) is 0.714. The SMILES string of the molecule is O=C(CCCOc1ccc(Br)cc1)NCC1(O)CCOC1. The molecule has 1 aromatic carbocycles. The fourth-order valence-electron chi connectivity index (χ4n) is 2.04. The van der Waals surface area contributed by atoms with Crippen molar-refractivity contribution < 1.29 is 19.4 Å². The van der Waals surface area contributed by atoms with Crippen LogP contribution in [0, 0.1) is 0 Å². The molecular weight excluding hydrogens is 338 g/mol.